The summed E-state index contributed by atoms with van der Waals surface area (Å²) in [6, 6.07) is 4.13. The lowest BCUT2D eigenvalue weighted by Crippen LogP contribution is -1.99. The number of fused-ring (bicyclic) bond motifs is 1. The Morgan fingerprint density at radius 3 is 2.73 bits per heavy atom. The lowest BCUT2D eigenvalue weighted by molar-refractivity contribution is 0.713. The Hall–Kier alpha value is -2.06. The molecule has 0 N–H and O–H groups in total. The molecule has 0 atom stereocenters. The van der Waals surface area contributed by atoms with Crippen molar-refractivity contribution in [3.8, 4) is 22.1 Å². The predicted octanol–water partition coefficient (Wildman–Crippen LogP) is 3.44. The molecule has 4 heterocycles. The molecule has 0 saturated heterocycles. The van der Waals surface area contributed by atoms with Crippen LogP contribution in [-0.4, -0.2) is 29.6 Å². The number of thiophene rings is 1. The van der Waals surface area contributed by atoms with Gasteiger partial charge in [-0.2, -0.15) is 26.0 Å². The summed E-state index contributed by atoms with van der Waals surface area (Å²) in [6.07, 6.45) is 0. The first-order valence-electron chi connectivity index (χ1n) is 6.92. The molecule has 0 radical (unpaired) electrons. The minimum atomic E-state index is 0.375. The van der Waals surface area contributed by atoms with Gasteiger partial charge >= 0.3 is 0 Å². The summed E-state index contributed by atoms with van der Waals surface area (Å²) < 4.78 is 3.65. The van der Waals surface area contributed by atoms with E-state index in [1.54, 1.807) is 27.2 Å². The van der Waals surface area contributed by atoms with E-state index in [1.165, 1.54) is 0 Å². The maximum absolute atomic E-state index is 4.66. The van der Waals surface area contributed by atoms with Gasteiger partial charge in [0.05, 0.1) is 5.69 Å². The molecule has 0 unspecified atom stereocenters. The molecule has 4 rings (SSSR count). The molecule has 4 aromatic rings. The summed E-state index contributed by atoms with van der Waals surface area (Å²) in [6.45, 7) is 4.26. The highest BCUT2D eigenvalue weighted by Crippen LogP contribution is 2.29. The van der Waals surface area contributed by atoms with E-state index in [1.807, 2.05) is 11.7 Å². The predicted molar refractivity (Wildman–Crippen MR) is 88.3 cm³/mol. The number of rotatable bonds is 3. The van der Waals surface area contributed by atoms with Crippen molar-refractivity contribution < 1.29 is 0 Å². The third-order valence-corrected chi connectivity index (χ3v) is 5.11. The fraction of sp³-hybridized carbons (Fsp3) is 0.286. The molecule has 112 valence electrons. The Bertz CT molecular complexity index is 928. The van der Waals surface area contributed by atoms with Crippen molar-refractivity contribution in [2.24, 2.45) is 7.05 Å². The van der Waals surface area contributed by atoms with Gasteiger partial charge in [-0.3, -0.25) is 4.68 Å². The fourth-order valence-electron chi connectivity index (χ4n) is 2.26. The highest BCUT2D eigenvalue weighted by atomic mass is 32.1. The van der Waals surface area contributed by atoms with Gasteiger partial charge in [0.25, 0.3) is 0 Å². The number of hydrogen-bond acceptors (Lipinski definition) is 6. The van der Waals surface area contributed by atoms with E-state index < -0.39 is 0 Å². The molecule has 0 spiro atoms. The van der Waals surface area contributed by atoms with Crippen LogP contribution in [0.25, 0.3) is 27.1 Å². The summed E-state index contributed by atoms with van der Waals surface area (Å²) in [7, 11) is 1.93. The summed E-state index contributed by atoms with van der Waals surface area (Å²) in [4.78, 5) is 0.795. The summed E-state index contributed by atoms with van der Waals surface area (Å²) in [5, 5.41) is 22.8. The third-order valence-electron chi connectivity index (χ3n) is 3.48. The molecular weight excluding hydrogens is 316 g/mol. The van der Waals surface area contributed by atoms with Crippen LogP contribution in [0.1, 0.15) is 25.5 Å². The monoisotopic (exact) mass is 330 g/mol. The van der Waals surface area contributed by atoms with Gasteiger partial charge in [-0.1, -0.05) is 25.2 Å². The van der Waals surface area contributed by atoms with E-state index in [-0.39, 0.29) is 0 Å². The van der Waals surface area contributed by atoms with Crippen LogP contribution in [0.5, 0.6) is 0 Å². The Kier molecular flexibility index (Phi) is 3.08. The standard InChI is InChI=1S/C14H14N6S2/c1-8(2)10-6-11(19(3)17-10)12-15-16-14-20(12)18-13(22-14)9-4-5-21-7-9/h4-8H,1-3H3. The van der Waals surface area contributed by atoms with Crippen LogP contribution in [0.15, 0.2) is 22.9 Å². The van der Waals surface area contributed by atoms with Gasteiger partial charge in [-0.25, -0.2) is 0 Å². The molecule has 22 heavy (non-hydrogen) atoms. The van der Waals surface area contributed by atoms with Crippen molar-refractivity contribution in [3.63, 3.8) is 0 Å². The van der Waals surface area contributed by atoms with E-state index in [0.717, 1.165) is 32.7 Å². The van der Waals surface area contributed by atoms with Gasteiger partial charge < -0.3 is 0 Å². The fourth-order valence-corrected chi connectivity index (χ4v) is 3.81. The second kappa shape index (κ2) is 4.99. The molecule has 4 aromatic heterocycles. The van der Waals surface area contributed by atoms with Crippen LogP contribution in [0.4, 0.5) is 0 Å². The quantitative estimate of drug-likeness (QED) is 0.577. The van der Waals surface area contributed by atoms with Gasteiger partial charge in [-0.15, -0.1) is 10.2 Å². The second-order valence-electron chi connectivity index (χ2n) is 5.37. The molecule has 0 aliphatic rings. The molecule has 0 amide bonds. The highest BCUT2D eigenvalue weighted by Gasteiger charge is 2.18. The van der Waals surface area contributed by atoms with Crippen LogP contribution in [0, 0.1) is 0 Å². The number of aryl methyl sites for hydroxylation is 1. The zero-order chi connectivity index (χ0) is 15.3. The first-order valence-corrected chi connectivity index (χ1v) is 8.68. The average molecular weight is 330 g/mol. The molecule has 0 aromatic carbocycles. The van der Waals surface area contributed by atoms with Crippen LogP contribution in [0.2, 0.25) is 0 Å². The molecule has 0 saturated carbocycles. The number of aromatic nitrogens is 6. The zero-order valence-electron chi connectivity index (χ0n) is 12.4. The van der Waals surface area contributed by atoms with Crippen molar-refractivity contribution >= 4 is 27.6 Å². The second-order valence-corrected chi connectivity index (χ2v) is 7.11. The normalized spacial score (nSPS) is 11.8. The number of nitrogens with zero attached hydrogens (tertiary/aromatic N) is 6. The Morgan fingerprint density at radius 1 is 1.18 bits per heavy atom. The molecule has 0 aliphatic heterocycles. The minimum Gasteiger partial charge on any atom is -0.264 e. The van der Waals surface area contributed by atoms with Crippen LogP contribution >= 0.6 is 22.7 Å². The first kappa shape index (κ1) is 13.6. The molecule has 8 heteroatoms. The third kappa shape index (κ3) is 2.06. The van der Waals surface area contributed by atoms with Crippen molar-refractivity contribution in [2.45, 2.75) is 19.8 Å². The van der Waals surface area contributed by atoms with Crippen LogP contribution in [-0.2, 0) is 7.05 Å². The Labute approximate surface area is 135 Å². The SMILES string of the molecule is CC(C)c1cc(-c2nnc3sc(-c4ccsc4)nn23)n(C)n1. The van der Waals surface area contributed by atoms with Gasteiger partial charge in [-0.05, 0) is 23.4 Å². The minimum absolute atomic E-state index is 0.375. The van der Waals surface area contributed by atoms with Gasteiger partial charge in [0.1, 0.15) is 10.7 Å². The maximum atomic E-state index is 4.66. The number of hydrogen-bond donors (Lipinski definition) is 0. The van der Waals surface area contributed by atoms with E-state index >= 15 is 0 Å². The van der Waals surface area contributed by atoms with Crippen molar-refractivity contribution in [1.29, 1.82) is 0 Å². The Morgan fingerprint density at radius 2 is 2.05 bits per heavy atom. The highest BCUT2D eigenvalue weighted by molar-refractivity contribution is 7.20. The zero-order valence-corrected chi connectivity index (χ0v) is 14.0. The molecule has 6 nitrogen and oxygen atoms in total. The topological polar surface area (TPSA) is 60.9 Å². The van der Waals surface area contributed by atoms with Gasteiger partial charge in [0.2, 0.25) is 10.8 Å². The summed E-state index contributed by atoms with van der Waals surface area (Å²) in [5.74, 6) is 1.11. The van der Waals surface area contributed by atoms with E-state index in [0.29, 0.717) is 5.92 Å². The molecule has 0 fully saturated rings. The van der Waals surface area contributed by atoms with Crippen molar-refractivity contribution in [2.75, 3.05) is 0 Å². The van der Waals surface area contributed by atoms with Gasteiger partial charge in [0.15, 0.2) is 0 Å². The van der Waals surface area contributed by atoms with Crippen molar-refractivity contribution in [3.05, 3.63) is 28.6 Å². The van der Waals surface area contributed by atoms with E-state index in [2.05, 4.69) is 57.1 Å². The summed E-state index contributed by atoms with van der Waals surface area (Å²) >= 11 is 3.21. The lowest BCUT2D eigenvalue weighted by atomic mass is 10.1. The smallest absolute Gasteiger partial charge is 0.235 e. The van der Waals surface area contributed by atoms with Crippen LogP contribution in [0.3, 0.4) is 0 Å². The lowest BCUT2D eigenvalue weighted by Gasteiger charge is -1.96. The largest absolute Gasteiger partial charge is 0.264 e. The van der Waals surface area contributed by atoms with Gasteiger partial charge in [0, 0.05) is 18.0 Å². The Balaban J connectivity index is 1.85. The van der Waals surface area contributed by atoms with E-state index in [9.17, 15) is 0 Å². The first-order chi connectivity index (χ1) is 10.6. The average Bonchev–Trinajstić information content (AvgIpc) is 3.20. The van der Waals surface area contributed by atoms with Crippen LogP contribution < -0.4 is 0 Å². The van der Waals surface area contributed by atoms with E-state index in [4.69, 9.17) is 0 Å². The maximum Gasteiger partial charge on any atom is 0.235 e. The van der Waals surface area contributed by atoms with Crippen molar-refractivity contribution in [1.82, 2.24) is 29.6 Å². The summed E-state index contributed by atoms with van der Waals surface area (Å²) in [5.41, 5.74) is 3.10. The molecular formula is C14H14N6S2. The molecule has 0 aliphatic carbocycles. The molecule has 0 bridgehead atoms.